The predicted molar refractivity (Wildman–Crippen MR) is 113 cm³/mol. The highest BCUT2D eigenvalue weighted by atomic mass is 35.5. The summed E-state index contributed by atoms with van der Waals surface area (Å²) in [6, 6.07) is 12.1. The summed E-state index contributed by atoms with van der Waals surface area (Å²) >= 11 is 5.87. The number of anilines is 1. The Morgan fingerprint density at radius 2 is 1.76 bits per heavy atom. The van der Waals surface area contributed by atoms with Gasteiger partial charge in [-0.05, 0) is 61.4 Å². The third-order valence-corrected chi connectivity index (χ3v) is 4.72. The first-order valence-corrected chi connectivity index (χ1v) is 9.16. The molecule has 148 valence electrons. The fourth-order valence-electron chi connectivity index (χ4n) is 2.60. The van der Waals surface area contributed by atoms with E-state index in [0.717, 1.165) is 26.1 Å². The van der Waals surface area contributed by atoms with Gasteiger partial charge in [0.25, 0.3) is 5.56 Å². The fourth-order valence-corrected chi connectivity index (χ4v) is 2.73. The molecule has 3 aromatic rings. The minimum Gasteiger partial charge on any atom is -0.362 e. The molecule has 0 bridgehead atoms. The number of carbonyl (C=O) groups is 1. The van der Waals surface area contributed by atoms with Crippen molar-refractivity contribution < 1.29 is 4.79 Å². The number of benzene rings is 2. The Balaban J connectivity index is 1.92. The number of carbonyl (C=O) groups excluding carboxylic acids is 1. The zero-order chi connectivity index (χ0) is 21.1. The molecular weight excluding hydrogens is 392 g/mol. The highest BCUT2D eigenvalue weighted by Crippen LogP contribution is 2.14. The second kappa shape index (κ2) is 8.28. The molecule has 3 rings (SSSR count). The van der Waals surface area contributed by atoms with Gasteiger partial charge >= 0.3 is 5.69 Å². The van der Waals surface area contributed by atoms with Crippen LogP contribution in [-0.4, -0.2) is 20.1 Å². The highest BCUT2D eigenvalue weighted by molar-refractivity contribution is 6.30. The molecular formula is C21H19ClN4O3. The minimum atomic E-state index is -0.763. The first kappa shape index (κ1) is 20.3. The van der Waals surface area contributed by atoms with Crippen LogP contribution in [0.25, 0.3) is 5.69 Å². The predicted octanol–water partition coefficient (Wildman–Crippen LogP) is 3.01. The smallest absolute Gasteiger partial charge is 0.351 e. The van der Waals surface area contributed by atoms with Crippen LogP contribution in [0.1, 0.15) is 21.6 Å². The SMILES string of the molecule is Cc1ccc(NC=CC(=O)c2nn(-c3ccc(Cl)cc3)c(=O)n(C)c2=O)cc1C. The number of allylic oxidation sites excluding steroid dienone is 1. The van der Waals surface area contributed by atoms with E-state index in [0.29, 0.717) is 10.7 Å². The van der Waals surface area contributed by atoms with E-state index in [9.17, 15) is 14.4 Å². The zero-order valence-corrected chi connectivity index (χ0v) is 16.9. The Morgan fingerprint density at radius 1 is 1.07 bits per heavy atom. The number of hydrogen-bond acceptors (Lipinski definition) is 5. The molecule has 2 aromatic carbocycles. The van der Waals surface area contributed by atoms with Crippen molar-refractivity contribution in [3.8, 4) is 5.69 Å². The molecule has 1 N–H and O–H groups in total. The molecule has 0 fully saturated rings. The van der Waals surface area contributed by atoms with E-state index in [4.69, 9.17) is 11.6 Å². The Kier molecular flexibility index (Phi) is 5.79. The Morgan fingerprint density at radius 3 is 2.41 bits per heavy atom. The van der Waals surface area contributed by atoms with Crippen molar-refractivity contribution in [1.82, 2.24) is 14.3 Å². The summed E-state index contributed by atoms with van der Waals surface area (Å²) < 4.78 is 1.84. The molecule has 0 spiro atoms. The van der Waals surface area contributed by atoms with Gasteiger partial charge in [-0.1, -0.05) is 17.7 Å². The van der Waals surface area contributed by atoms with Gasteiger partial charge in [-0.3, -0.25) is 14.2 Å². The van der Waals surface area contributed by atoms with Crippen molar-refractivity contribution in [3.05, 3.63) is 97.4 Å². The van der Waals surface area contributed by atoms with Gasteiger partial charge in [0, 0.05) is 30.0 Å². The first-order chi connectivity index (χ1) is 13.8. The number of aryl methyl sites for hydroxylation is 2. The Hall–Kier alpha value is -3.45. The van der Waals surface area contributed by atoms with Crippen molar-refractivity contribution in [2.24, 2.45) is 7.05 Å². The lowest BCUT2D eigenvalue weighted by molar-refractivity contribution is 0.103. The summed E-state index contributed by atoms with van der Waals surface area (Å²) in [5, 5.41) is 7.46. The molecule has 8 heteroatoms. The van der Waals surface area contributed by atoms with Crippen molar-refractivity contribution in [2.75, 3.05) is 5.32 Å². The third-order valence-electron chi connectivity index (χ3n) is 4.47. The number of aromatic nitrogens is 3. The molecule has 1 heterocycles. The molecule has 0 aliphatic heterocycles. The van der Waals surface area contributed by atoms with Crippen molar-refractivity contribution in [1.29, 1.82) is 0 Å². The molecule has 29 heavy (non-hydrogen) atoms. The zero-order valence-electron chi connectivity index (χ0n) is 16.1. The van der Waals surface area contributed by atoms with Gasteiger partial charge in [-0.25, -0.2) is 4.79 Å². The first-order valence-electron chi connectivity index (χ1n) is 8.79. The summed E-state index contributed by atoms with van der Waals surface area (Å²) in [4.78, 5) is 37.3. The summed E-state index contributed by atoms with van der Waals surface area (Å²) in [5.74, 6) is -0.621. The van der Waals surface area contributed by atoms with E-state index < -0.39 is 17.0 Å². The number of nitrogens with one attached hydrogen (secondary N) is 1. The normalized spacial score (nSPS) is 11.0. The van der Waals surface area contributed by atoms with Crippen LogP contribution in [0.2, 0.25) is 5.02 Å². The summed E-state index contributed by atoms with van der Waals surface area (Å²) in [5.41, 5.74) is 1.69. The van der Waals surface area contributed by atoms with Crippen LogP contribution in [-0.2, 0) is 7.05 Å². The van der Waals surface area contributed by atoms with E-state index >= 15 is 0 Å². The molecule has 7 nitrogen and oxygen atoms in total. The average molecular weight is 411 g/mol. The lowest BCUT2D eigenvalue weighted by atomic mass is 10.1. The number of nitrogens with zero attached hydrogens (tertiary/aromatic N) is 3. The monoisotopic (exact) mass is 410 g/mol. The Bertz CT molecular complexity index is 1220. The molecule has 0 radical (unpaired) electrons. The van der Waals surface area contributed by atoms with E-state index in [1.165, 1.54) is 19.3 Å². The maximum Gasteiger partial charge on any atom is 0.351 e. The van der Waals surface area contributed by atoms with Gasteiger partial charge in [0.2, 0.25) is 5.78 Å². The second-order valence-corrected chi connectivity index (χ2v) is 6.96. The van der Waals surface area contributed by atoms with Gasteiger partial charge in [-0.15, -0.1) is 0 Å². The lowest BCUT2D eigenvalue weighted by Crippen LogP contribution is -2.42. The van der Waals surface area contributed by atoms with Crippen LogP contribution in [0.15, 0.2) is 64.3 Å². The van der Waals surface area contributed by atoms with E-state index in [1.807, 2.05) is 32.0 Å². The number of hydrogen-bond donors (Lipinski definition) is 1. The van der Waals surface area contributed by atoms with Gasteiger partial charge in [0.05, 0.1) is 5.69 Å². The average Bonchev–Trinajstić information content (AvgIpc) is 2.70. The van der Waals surface area contributed by atoms with Gasteiger partial charge in [0.15, 0.2) is 5.69 Å². The molecule has 0 aliphatic rings. The van der Waals surface area contributed by atoms with Crippen LogP contribution in [0.5, 0.6) is 0 Å². The van der Waals surface area contributed by atoms with Crippen molar-refractivity contribution in [3.63, 3.8) is 0 Å². The summed E-state index contributed by atoms with van der Waals surface area (Å²) in [6.45, 7) is 4.00. The minimum absolute atomic E-state index is 0.361. The van der Waals surface area contributed by atoms with E-state index in [1.54, 1.807) is 24.3 Å². The van der Waals surface area contributed by atoms with Gasteiger partial charge in [-0.2, -0.15) is 9.78 Å². The quantitative estimate of drug-likeness (QED) is 0.516. The van der Waals surface area contributed by atoms with Crippen molar-refractivity contribution in [2.45, 2.75) is 13.8 Å². The van der Waals surface area contributed by atoms with Crippen molar-refractivity contribution >= 4 is 23.1 Å². The van der Waals surface area contributed by atoms with Crippen LogP contribution in [0, 0.1) is 13.8 Å². The van der Waals surface area contributed by atoms with Gasteiger partial charge < -0.3 is 5.32 Å². The molecule has 0 saturated heterocycles. The summed E-state index contributed by atoms with van der Waals surface area (Å²) in [6.07, 6.45) is 2.64. The molecule has 0 aliphatic carbocycles. The van der Waals surface area contributed by atoms with Crippen LogP contribution in [0.4, 0.5) is 5.69 Å². The topological polar surface area (TPSA) is 86.0 Å². The Labute approximate surface area is 171 Å². The second-order valence-electron chi connectivity index (χ2n) is 6.52. The van der Waals surface area contributed by atoms with E-state index in [2.05, 4.69) is 10.4 Å². The maximum atomic E-state index is 12.5. The standard InChI is InChI=1S/C21H19ClN4O3/c1-13-4-7-16(12-14(13)2)23-11-10-18(27)19-20(28)25(3)21(29)26(24-19)17-8-5-15(22)6-9-17/h4-12,23H,1-3H3. The number of rotatable bonds is 5. The van der Waals surface area contributed by atoms with Crippen LogP contribution in [0.3, 0.4) is 0 Å². The summed E-state index contributed by atoms with van der Waals surface area (Å²) in [7, 11) is 1.30. The molecule has 0 amide bonds. The fraction of sp³-hybridized carbons (Fsp3) is 0.143. The molecule has 0 unspecified atom stereocenters. The maximum absolute atomic E-state index is 12.5. The van der Waals surface area contributed by atoms with Crippen LogP contribution < -0.4 is 16.6 Å². The number of halogens is 1. The molecule has 0 saturated carbocycles. The van der Waals surface area contributed by atoms with E-state index in [-0.39, 0.29) is 5.69 Å². The highest BCUT2D eigenvalue weighted by Gasteiger charge is 2.16. The van der Waals surface area contributed by atoms with Crippen LogP contribution >= 0.6 is 11.6 Å². The number of ketones is 1. The lowest BCUT2D eigenvalue weighted by Gasteiger charge is -2.08. The van der Waals surface area contributed by atoms with Gasteiger partial charge in [0.1, 0.15) is 0 Å². The molecule has 0 atom stereocenters. The molecule has 1 aromatic heterocycles. The third kappa shape index (κ3) is 4.35. The largest absolute Gasteiger partial charge is 0.362 e.